The van der Waals surface area contributed by atoms with Gasteiger partial charge in [-0.2, -0.15) is 4.98 Å². The van der Waals surface area contributed by atoms with Crippen LogP contribution in [0.2, 0.25) is 0 Å². The van der Waals surface area contributed by atoms with Gasteiger partial charge in [0.15, 0.2) is 6.33 Å². The number of hydrogen-bond acceptors (Lipinski definition) is 7. The van der Waals surface area contributed by atoms with Gasteiger partial charge in [0.2, 0.25) is 15.9 Å². The summed E-state index contributed by atoms with van der Waals surface area (Å²) in [5.41, 5.74) is 0. The van der Waals surface area contributed by atoms with Crippen LogP contribution in [-0.4, -0.2) is 31.6 Å². The minimum atomic E-state index is -3.50. The summed E-state index contributed by atoms with van der Waals surface area (Å²) in [6.45, 7) is 3.54. The van der Waals surface area contributed by atoms with Gasteiger partial charge in [-0.1, -0.05) is 12.1 Å². The summed E-state index contributed by atoms with van der Waals surface area (Å²) < 4.78 is 31.8. The Hall–Kier alpha value is -1.29. The van der Waals surface area contributed by atoms with Crippen LogP contribution < -0.4 is 10.0 Å². The van der Waals surface area contributed by atoms with Crippen molar-refractivity contribution >= 4 is 21.4 Å². The molecule has 0 aliphatic rings. The topological polar surface area (TPSA) is 97.1 Å². The Bertz CT molecular complexity index is 622. The van der Waals surface area contributed by atoms with Gasteiger partial charge in [0, 0.05) is 24.4 Å². The molecule has 0 saturated heterocycles. The number of thiophene rings is 1. The van der Waals surface area contributed by atoms with E-state index in [1.165, 1.54) is 17.7 Å². The largest absolute Gasteiger partial charge is 0.340 e. The van der Waals surface area contributed by atoms with E-state index < -0.39 is 10.0 Å². The first-order valence-electron chi connectivity index (χ1n) is 6.15. The zero-order chi connectivity index (χ0) is 14.4. The Kier molecular flexibility index (Phi) is 5.24. The molecule has 0 unspecified atom stereocenters. The summed E-state index contributed by atoms with van der Waals surface area (Å²) in [5, 5.41) is 8.37. The summed E-state index contributed by atoms with van der Waals surface area (Å²) in [4.78, 5) is 4.97. The molecule has 20 heavy (non-hydrogen) atoms. The van der Waals surface area contributed by atoms with Crippen LogP contribution in [0.15, 0.2) is 27.2 Å². The van der Waals surface area contributed by atoms with E-state index in [0.29, 0.717) is 23.8 Å². The molecule has 2 aromatic rings. The predicted octanol–water partition coefficient (Wildman–Crippen LogP) is 0.762. The van der Waals surface area contributed by atoms with E-state index in [1.54, 1.807) is 11.4 Å². The monoisotopic (exact) mass is 316 g/mol. The van der Waals surface area contributed by atoms with Crippen LogP contribution >= 0.6 is 11.3 Å². The Morgan fingerprint density at radius 1 is 1.45 bits per heavy atom. The third-order valence-electron chi connectivity index (χ3n) is 2.57. The third-order valence-corrected chi connectivity index (χ3v) is 5.16. The maximum Gasteiger partial charge on any atom is 0.241 e. The van der Waals surface area contributed by atoms with Gasteiger partial charge >= 0.3 is 0 Å². The number of hydrogen-bond donors (Lipinski definition) is 2. The molecule has 0 aromatic carbocycles. The van der Waals surface area contributed by atoms with E-state index in [4.69, 9.17) is 4.52 Å². The minimum absolute atomic E-state index is 0.223. The zero-order valence-corrected chi connectivity index (χ0v) is 12.6. The van der Waals surface area contributed by atoms with Crippen molar-refractivity contribution in [1.82, 2.24) is 20.2 Å². The molecule has 0 atom stereocenters. The summed E-state index contributed by atoms with van der Waals surface area (Å²) >= 11 is 1.43. The summed E-state index contributed by atoms with van der Waals surface area (Å²) in [6.07, 6.45) is 1.66. The van der Waals surface area contributed by atoms with Crippen LogP contribution in [-0.2, 0) is 23.0 Å². The molecule has 0 radical (unpaired) electrons. The lowest BCUT2D eigenvalue weighted by molar-refractivity contribution is 0.377. The molecule has 2 heterocycles. The van der Waals surface area contributed by atoms with E-state index >= 15 is 0 Å². The molecule has 0 fully saturated rings. The molecule has 2 N–H and O–H groups in total. The highest BCUT2D eigenvalue weighted by Gasteiger charge is 2.19. The fourth-order valence-corrected chi connectivity index (χ4v) is 4.05. The molecule has 2 rings (SSSR count). The molecule has 7 nitrogen and oxygen atoms in total. The highest BCUT2D eigenvalue weighted by molar-refractivity contribution is 7.89. The summed E-state index contributed by atoms with van der Waals surface area (Å²) in [5.74, 6) is 0.408. The normalized spacial score (nSPS) is 11.8. The standard InChI is InChI=1S/C11H16N4O3S2/c1-2-12-7-9-10(4-6-19-9)20(16,17)15-5-3-11-13-8-14-18-11/h4,6,8,12,15H,2-3,5,7H2,1H3. The lowest BCUT2D eigenvalue weighted by Gasteiger charge is -2.07. The molecule has 9 heteroatoms. The Balaban J connectivity index is 1.97. The van der Waals surface area contributed by atoms with Crippen molar-refractivity contribution in [3.8, 4) is 0 Å². The molecule has 2 aromatic heterocycles. The van der Waals surface area contributed by atoms with E-state index in [-0.39, 0.29) is 6.54 Å². The average Bonchev–Trinajstić information content (AvgIpc) is 3.07. The smallest absolute Gasteiger partial charge is 0.241 e. The Morgan fingerprint density at radius 2 is 2.30 bits per heavy atom. The fraction of sp³-hybridized carbons (Fsp3) is 0.455. The van der Waals surface area contributed by atoms with Gasteiger partial charge in [0.25, 0.3) is 0 Å². The van der Waals surface area contributed by atoms with Gasteiger partial charge in [0.05, 0.1) is 4.90 Å². The number of nitrogens with one attached hydrogen (secondary N) is 2. The molecule has 0 spiro atoms. The zero-order valence-electron chi connectivity index (χ0n) is 11.0. The molecule has 0 amide bonds. The van der Waals surface area contributed by atoms with E-state index in [2.05, 4.69) is 20.2 Å². The van der Waals surface area contributed by atoms with Crippen molar-refractivity contribution in [3.05, 3.63) is 28.5 Å². The van der Waals surface area contributed by atoms with Crippen molar-refractivity contribution in [2.24, 2.45) is 0 Å². The van der Waals surface area contributed by atoms with E-state index in [0.717, 1.165) is 11.4 Å². The second-order valence-corrected chi connectivity index (χ2v) is 6.71. The van der Waals surface area contributed by atoms with Crippen molar-refractivity contribution in [2.75, 3.05) is 13.1 Å². The van der Waals surface area contributed by atoms with Gasteiger partial charge in [-0.15, -0.1) is 11.3 Å². The van der Waals surface area contributed by atoms with Crippen LogP contribution in [0.5, 0.6) is 0 Å². The number of sulfonamides is 1. The maximum atomic E-state index is 12.2. The van der Waals surface area contributed by atoms with Crippen LogP contribution in [0.4, 0.5) is 0 Å². The predicted molar refractivity (Wildman–Crippen MR) is 74.9 cm³/mol. The second kappa shape index (κ2) is 6.93. The van der Waals surface area contributed by atoms with Crippen LogP contribution in [0.1, 0.15) is 17.7 Å². The van der Waals surface area contributed by atoms with Crippen molar-refractivity contribution in [1.29, 1.82) is 0 Å². The SMILES string of the molecule is CCNCc1sccc1S(=O)(=O)NCCc1ncno1. The molecule has 0 aliphatic carbocycles. The maximum absolute atomic E-state index is 12.2. The quantitative estimate of drug-likeness (QED) is 0.746. The van der Waals surface area contributed by atoms with Crippen LogP contribution in [0.25, 0.3) is 0 Å². The molecule has 0 aliphatic heterocycles. The second-order valence-electron chi connectivity index (χ2n) is 3.97. The third kappa shape index (κ3) is 3.85. The highest BCUT2D eigenvalue weighted by atomic mass is 32.2. The molecule has 0 bridgehead atoms. The van der Waals surface area contributed by atoms with Gasteiger partial charge in [-0.3, -0.25) is 0 Å². The molecular formula is C11H16N4O3S2. The highest BCUT2D eigenvalue weighted by Crippen LogP contribution is 2.21. The van der Waals surface area contributed by atoms with Crippen LogP contribution in [0.3, 0.4) is 0 Å². The van der Waals surface area contributed by atoms with Gasteiger partial charge in [-0.25, -0.2) is 13.1 Å². The first-order chi connectivity index (χ1) is 9.63. The first kappa shape index (κ1) is 15.1. The lowest BCUT2D eigenvalue weighted by atomic mass is 10.4. The summed E-state index contributed by atoms with van der Waals surface area (Å²) in [7, 11) is -3.50. The van der Waals surface area contributed by atoms with Crippen molar-refractivity contribution < 1.29 is 12.9 Å². The number of rotatable bonds is 8. The first-order valence-corrected chi connectivity index (χ1v) is 8.52. The molecule has 110 valence electrons. The van der Waals surface area contributed by atoms with E-state index in [1.807, 2.05) is 6.92 Å². The lowest BCUT2D eigenvalue weighted by Crippen LogP contribution is -2.27. The molecule has 0 saturated carbocycles. The van der Waals surface area contributed by atoms with Crippen molar-refractivity contribution in [3.63, 3.8) is 0 Å². The Morgan fingerprint density at radius 3 is 3.00 bits per heavy atom. The van der Waals surface area contributed by atoms with E-state index in [9.17, 15) is 8.42 Å². The fourth-order valence-electron chi connectivity index (χ4n) is 1.61. The van der Waals surface area contributed by atoms with Crippen LogP contribution in [0, 0.1) is 0 Å². The number of nitrogens with zero attached hydrogens (tertiary/aromatic N) is 2. The van der Waals surface area contributed by atoms with Gasteiger partial charge < -0.3 is 9.84 Å². The average molecular weight is 316 g/mol. The van der Waals surface area contributed by atoms with Gasteiger partial charge in [0.1, 0.15) is 0 Å². The van der Waals surface area contributed by atoms with Crippen molar-refractivity contribution in [2.45, 2.75) is 24.8 Å². The van der Waals surface area contributed by atoms with Gasteiger partial charge in [-0.05, 0) is 18.0 Å². The number of aromatic nitrogens is 2. The summed E-state index contributed by atoms with van der Waals surface area (Å²) in [6, 6.07) is 1.62. The Labute approximate surface area is 121 Å². The molecular weight excluding hydrogens is 300 g/mol. The minimum Gasteiger partial charge on any atom is -0.340 e.